The van der Waals surface area contributed by atoms with Gasteiger partial charge in [0.15, 0.2) is 11.5 Å². The Kier molecular flexibility index (Phi) is 16.1. The maximum absolute atomic E-state index is 12.6. The van der Waals surface area contributed by atoms with E-state index < -0.39 is 17.9 Å². The van der Waals surface area contributed by atoms with Gasteiger partial charge < -0.3 is 23.8 Å². The molecule has 0 aliphatic heterocycles. The van der Waals surface area contributed by atoms with Crippen LogP contribution in [0.5, 0.6) is 23.0 Å². The van der Waals surface area contributed by atoms with Gasteiger partial charge in [-0.25, -0.2) is 14.4 Å². The second-order valence-electron chi connectivity index (χ2n) is 11.5. The van der Waals surface area contributed by atoms with Gasteiger partial charge in [0.2, 0.25) is 0 Å². The van der Waals surface area contributed by atoms with E-state index in [4.69, 9.17) is 28.7 Å². The van der Waals surface area contributed by atoms with Crippen LogP contribution in [0.15, 0.2) is 127 Å². The van der Waals surface area contributed by atoms with E-state index in [-0.39, 0.29) is 18.1 Å². The highest BCUT2D eigenvalue weighted by molar-refractivity contribution is 5.96. The molecule has 0 spiro atoms. The number of esters is 3. The summed E-state index contributed by atoms with van der Waals surface area (Å²) in [7, 11) is 0. The number of hydrogen-bond donors (Lipinski definition) is 0. The van der Waals surface area contributed by atoms with E-state index in [0.717, 1.165) is 49.0 Å². The average molecular weight is 733 g/mol. The van der Waals surface area contributed by atoms with Crippen LogP contribution in [0.25, 0.3) is 0 Å². The lowest BCUT2D eigenvalue weighted by atomic mass is 10.0. The summed E-state index contributed by atoms with van der Waals surface area (Å²) in [6, 6.07) is 25.2. The summed E-state index contributed by atoms with van der Waals surface area (Å²) in [6.45, 7) is 9.04. The van der Waals surface area contributed by atoms with Gasteiger partial charge in [-0.05, 0) is 134 Å². The monoisotopic (exact) mass is 732 g/mol. The van der Waals surface area contributed by atoms with Crippen LogP contribution >= 0.6 is 0 Å². The Morgan fingerprint density at radius 1 is 0.630 bits per heavy atom. The number of ketones is 1. The molecule has 4 rings (SSSR count). The van der Waals surface area contributed by atoms with Crippen molar-refractivity contribution >= 4 is 36.1 Å². The lowest BCUT2D eigenvalue weighted by molar-refractivity contribution is -0.217. The van der Waals surface area contributed by atoms with Crippen LogP contribution in [0.2, 0.25) is 0 Å². The summed E-state index contributed by atoms with van der Waals surface area (Å²) >= 11 is 0. The van der Waals surface area contributed by atoms with E-state index in [1.807, 2.05) is 0 Å². The van der Waals surface area contributed by atoms with Gasteiger partial charge in [-0.3, -0.25) is 4.79 Å². The minimum Gasteiger partial charge on any atom is -0.494 e. The molecule has 0 aliphatic carbocycles. The number of Topliss-reactive ketones (excluding diaryl/α,β-unsaturated/α-hetero) is 1. The van der Waals surface area contributed by atoms with Gasteiger partial charge in [-0.15, -0.1) is 0 Å². The largest absolute Gasteiger partial charge is 0.494 e. The third-order valence-corrected chi connectivity index (χ3v) is 7.47. The third-order valence-electron chi connectivity index (χ3n) is 7.47. The molecule has 0 fully saturated rings. The Hall–Kier alpha value is -6.66. The first-order valence-corrected chi connectivity index (χ1v) is 17.0. The minimum atomic E-state index is -0.626. The van der Waals surface area contributed by atoms with Crippen LogP contribution < -0.4 is 19.1 Å². The van der Waals surface area contributed by atoms with Gasteiger partial charge in [0, 0.05) is 17.7 Å². The summed E-state index contributed by atoms with van der Waals surface area (Å²) in [4.78, 5) is 57.9. The predicted molar refractivity (Wildman–Crippen MR) is 202 cm³/mol. The first-order chi connectivity index (χ1) is 26.2. The molecule has 12 nitrogen and oxygen atoms in total. The maximum atomic E-state index is 12.6. The molecular formula is C42H40N2O10. The first-order valence-electron chi connectivity index (χ1n) is 17.0. The van der Waals surface area contributed by atoms with Crippen molar-refractivity contribution in [3.8, 4) is 23.0 Å². The molecule has 54 heavy (non-hydrogen) atoms. The van der Waals surface area contributed by atoms with E-state index in [1.54, 1.807) is 97.4 Å². The van der Waals surface area contributed by atoms with E-state index in [1.165, 1.54) is 13.0 Å². The van der Waals surface area contributed by atoms with Crippen molar-refractivity contribution in [1.29, 1.82) is 0 Å². The molecule has 4 aromatic carbocycles. The van der Waals surface area contributed by atoms with Crippen LogP contribution in [0, 0.1) is 0 Å². The molecule has 0 unspecified atom stereocenters. The van der Waals surface area contributed by atoms with Gasteiger partial charge in [0.25, 0.3) is 0 Å². The number of carbonyl (C=O) groups excluding carboxylic acids is 4. The fraction of sp³-hybridized carbons (Fsp3) is 0.190. The fourth-order valence-electron chi connectivity index (χ4n) is 4.66. The molecular weight excluding hydrogens is 692 g/mol. The molecule has 12 heteroatoms. The number of rotatable bonds is 21. The number of ether oxygens (including phenoxy) is 4. The Balaban J connectivity index is 1.15. The normalized spacial score (nSPS) is 10.8. The van der Waals surface area contributed by atoms with Gasteiger partial charge >= 0.3 is 17.9 Å². The quantitative estimate of drug-likeness (QED) is 0.0121. The Labute approximate surface area is 313 Å². The molecule has 0 N–H and O–H groups in total. The van der Waals surface area contributed by atoms with Crippen molar-refractivity contribution in [3.63, 3.8) is 0 Å². The zero-order chi connectivity index (χ0) is 38.5. The lowest BCUT2D eigenvalue weighted by Crippen LogP contribution is -2.08. The zero-order valence-electron chi connectivity index (χ0n) is 29.8. The first kappa shape index (κ1) is 40.1. The lowest BCUT2D eigenvalue weighted by Gasteiger charge is -2.10. The molecule has 0 amide bonds. The van der Waals surface area contributed by atoms with E-state index in [9.17, 15) is 19.2 Å². The average Bonchev–Trinajstić information content (AvgIpc) is 3.19. The number of unbranched alkanes of at least 4 members (excludes halogenated alkanes) is 3. The fourth-order valence-corrected chi connectivity index (χ4v) is 4.66. The smallest absolute Gasteiger partial charge is 0.343 e. The Morgan fingerprint density at radius 3 is 1.81 bits per heavy atom. The molecule has 0 bridgehead atoms. The van der Waals surface area contributed by atoms with Crippen molar-refractivity contribution in [3.05, 3.63) is 144 Å². The van der Waals surface area contributed by atoms with Crippen molar-refractivity contribution < 1.29 is 47.9 Å². The number of carbonyl (C=O) groups is 4. The second kappa shape index (κ2) is 21.6. The van der Waals surface area contributed by atoms with E-state index >= 15 is 0 Å². The summed E-state index contributed by atoms with van der Waals surface area (Å²) in [5.41, 5.74) is 2.82. The van der Waals surface area contributed by atoms with Crippen LogP contribution in [0.3, 0.4) is 0 Å². The maximum Gasteiger partial charge on any atom is 0.343 e. The highest BCUT2D eigenvalue weighted by Crippen LogP contribution is 2.21. The van der Waals surface area contributed by atoms with E-state index in [2.05, 4.69) is 23.4 Å². The van der Waals surface area contributed by atoms with Crippen molar-refractivity contribution in [1.82, 2.24) is 0 Å². The van der Waals surface area contributed by atoms with Gasteiger partial charge in [0.05, 0.1) is 31.2 Å². The van der Waals surface area contributed by atoms with Crippen LogP contribution in [0.1, 0.15) is 70.0 Å². The number of nitrogens with zero attached hydrogens (tertiary/aromatic N) is 2. The summed E-state index contributed by atoms with van der Waals surface area (Å²) in [5.74, 6) is -0.0381. The van der Waals surface area contributed by atoms with Crippen molar-refractivity contribution in [2.45, 2.75) is 39.2 Å². The SMILES string of the molecule is C=CC(=O)OCCCCCCOc1ccc(C(=O)Oc2ccc(/C=N\N=C/c3ccc(OOCc4ccc(OC(=O)C=C)cc4C(C)=O)cc3)cc2)cc1. The molecule has 0 heterocycles. The topological polar surface area (TPSA) is 148 Å². The number of hydrogen-bond acceptors (Lipinski definition) is 12. The molecule has 0 radical (unpaired) electrons. The highest BCUT2D eigenvalue weighted by atomic mass is 17.2. The highest BCUT2D eigenvalue weighted by Gasteiger charge is 2.12. The predicted octanol–water partition coefficient (Wildman–Crippen LogP) is 7.83. The van der Waals surface area contributed by atoms with Crippen molar-refractivity contribution in [2.24, 2.45) is 10.2 Å². The van der Waals surface area contributed by atoms with Crippen LogP contribution in [0.4, 0.5) is 0 Å². The van der Waals surface area contributed by atoms with Gasteiger partial charge in [0.1, 0.15) is 23.9 Å². The standard InChI is InChI=1S/C42H40N2O10/c1-4-40(46)50-25-9-7-6-8-24-49-35-21-14-33(15-22-35)42(48)53-36-17-10-31(11-18-36)27-43-44-28-32-12-19-37(20-13-32)54-51-29-34-16-23-38(52-41(47)5-2)26-39(34)30(3)45/h4-5,10-23,26-28H,1-2,6-9,24-25,29H2,3H3/b43-27-,44-28-. The Bertz CT molecular complexity index is 1950. The molecule has 0 atom stereocenters. The molecule has 0 saturated carbocycles. The number of benzene rings is 4. The summed E-state index contributed by atoms with van der Waals surface area (Å²) < 4.78 is 21.3. The molecule has 4 aromatic rings. The zero-order valence-corrected chi connectivity index (χ0v) is 29.8. The van der Waals surface area contributed by atoms with E-state index in [0.29, 0.717) is 47.2 Å². The summed E-state index contributed by atoms with van der Waals surface area (Å²) in [5, 5.41) is 8.16. The molecule has 278 valence electrons. The Morgan fingerprint density at radius 2 is 1.20 bits per heavy atom. The van der Waals surface area contributed by atoms with Crippen LogP contribution in [-0.4, -0.2) is 49.3 Å². The molecule has 0 aromatic heterocycles. The van der Waals surface area contributed by atoms with Gasteiger partial charge in [-0.1, -0.05) is 19.2 Å². The van der Waals surface area contributed by atoms with Crippen LogP contribution in [-0.2, 0) is 25.8 Å². The third kappa shape index (κ3) is 13.8. The second-order valence-corrected chi connectivity index (χ2v) is 11.5. The minimum absolute atomic E-state index is 0.0147. The molecule has 0 aliphatic rings. The van der Waals surface area contributed by atoms with Crippen molar-refractivity contribution in [2.75, 3.05) is 13.2 Å². The molecule has 0 saturated heterocycles. The van der Waals surface area contributed by atoms with Gasteiger partial charge in [-0.2, -0.15) is 15.1 Å². The summed E-state index contributed by atoms with van der Waals surface area (Å²) in [6.07, 6.45) is 8.86.